The molecule has 3 nitrogen and oxygen atoms in total. The van der Waals surface area contributed by atoms with Crippen LogP contribution >= 0.6 is 0 Å². The van der Waals surface area contributed by atoms with Crippen LogP contribution in [0.3, 0.4) is 0 Å². The van der Waals surface area contributed by atoms with Gasteiger partial charge in [0.25, 0.3) is 0 Å². The summed E-state index contributed by atoms with van der Waals surface area (Å²) >= 11 is 0. The van der Waals surface area contributed by atoms with E-state index in [2.05, 4.69) is 10.2 Å². The van der Waals surface area contributed by atoms with Crippen LogP contribution in [0.15, 0.2) is 0 Å². The van der Waals surface area contributed by atoms with E-state index in [0.717, 1.165) is 25.6 Å². The third-order valence-electron chi connectivity index (χ3n) is 4.75. The van der Waals surface area contributed by atoms with E-state index in [1.165, 1.54) is 38.5 Å². The first-order valence-corrected chi connectivity index (χ1v) is 7.02. The Labute approximate surface area is 98.2 Å². The lowest BCUT2D eigenvalue weighted by atomic mass is 10.0. The summed E-state index contributed by atoms with van der Waals surface area (Å²) in [5.41, 5.74) is 0. The van der Waals surface area contributed by atoms with E-state index in [1.807, 2.05) is 0 Å². The SMILES string of the molecule is O[C@@H]1CCC[C@H]1N(C1CCCC1)C1CNC1. The topological polar surface area (TPSA) is 35.5 Å². The van der Waals surface area contributed by atoms with Crippen LogP contribution < -0.4 is 5.32 Å². The van der Waals surface area contributed by atoms with Crippen LogP contribution in [0.1, 0.15) is 44.9 Å². The molecular weight excluding hydrogens is 200 g/mol. The lowest BCUT2D eigenvalue weighted by molar-refractivity contribution is -0.00270. The van der Waals surface area contributed by atoms with Crippen molar-refractivity contribution < 1.29 is 5.11 Å². The second-order valence-corrected chi connectivity index (χ2v) is 5.76. The highest BCUT2D eigenvalue weighted by Gasteiger charge is 2.41. The van der Waals surface area contributed by atoms with Crippen LogP contribution in [0.2, 0.25) is 0 Å². The van der Waals surface area contributed by atoms with Crippen molar-refractivity contribution in [2.24, 2.45) is 0 Å². The molecule has 2 saturated carbocycles. The Morgan fingerprint density at radius 2 is 1.62 bits per heavy atom. The Balaban J connectivity index is 1.72. The zero-order valence-corrected chi connectivity index (χ0v) is 10.1. The molecular formula is C13H24N2O. The number of aliphatic hydroxyl groups is 1. The van der Waals surface area contributed by atoms with Gasteiger partial charge in [0, 0.05) is 31.2 Å². The molecule has 1 heterocycles. The Bertz CT molecular complexity index is 236. The molecule has 0 bridgehead atoms. The van der Waals surface area contributed by atoms with E-state index in [9.17, 15) is 5.11 Å². The molecule has 2 atom stereocenters. The van der Waals surface area contributed by atoms with Crippen LogP contribution in [0.25, 0.3) is 0 Å². The fourth-order valence-corrected chi connectivity index (χ4v) is 3.80. The van der Waals surface area contributed by atoms with Gasteiger partial charge < -0.3 is 10.4 Å². The van der Waals surface area contributed by atoms with Gasteiger partial charge in [-0.25, -0.2) is 0 Å². The van der Waals surface area contributed by atoms with Crippen LogP contribution in [0.4, 0.5) is 0 Å². The molecule has 1 aliphatic heterocycles. The molecule has 0 aromatic carbocycles. The number of aliphatic hydroxyl groups excluding tert-OH is 1. The predicted octanol–water partition coefficient (Wildman–Crippen LogP) is 1.12. The van der Waals surface area contributed by atoms with Crippen molar-refractivity contribution in [3.05, 3.63) is 0 Å². The molecule has 0 unspecified atom stereocenters. The average Bonchev–Trinajstić information content (AvgIpc) is 2.82. The van der Waals surface area contributed by atoms with Gasteiger partial charge in [-0.15, -0.1) is 0 Å². The summed E-state index contributed by atoms with van der Waals surface area (Å²) in [6, 6.07) is 1.95. The largest absolute Gasteiger partial charge is 0.391 e. The molecule has 0 aromatic heterocycles. The number of hydrogen-bond donors (Lipinski definition) is 2. The summed E-state index contributed by atoms with van der Waals surface area (Å²) in [6.07, 6.45) is 8.91. The molecule has 3 heteroatoms. The molecule has 0 spiro atoms. The fraction of sp³-hybridized carbons (Fsp3) is 1.00. The van der Waals surface area contributed by atoms with E-state index in [1.54, 1.807) is 0 Å². The number of hydrogen-bond acceptors (Lipinski definition) is 3. The molecule has 92 valence electrons. The number of nitrogens with one attached hydrogen (secondary N) is 1. The smallest absolute Gasteiger partial charge is 0.0695 e. The minimum atomic E-state index is -0.0544. The minimum absolute atomic E-state index is 0.0544. The molecule has 3 fully saturated rings. The average molecular weight is 224 g/mol. The highest BCUT2D eigenvalue weighted by atomic mass is 16.3. The van der Waals surface area contributed by atoms with Gasteiger partial charge >= 0.3 is 0 Å². The van der Waals surface area contributed by atoms with E-state index in [0.29, 0.717) is 12.1 Å². The number of nitrogens with zero attached hydrogens (tertiary/aromatic N) is 1. The van der Waals surface area contributed by atoms with E-state index in [-0.39, 0.29) is 6.10 Å². The van der Waals surface area contributed by atoms with Crippen LogP contribution in [-0.2, 0) is 0 Å². The van der Waals surface area contributed by atoms with E-state index >= 15 is 0 Å². The molecule has 16 heavy (non-hydrogen) atoms. The van der Waals surface area contributed by atoms with Gasteiger partial charge in [0.15, 0.2) is 0 Å². The molecule has 0 aromatic rings. The van der Waals surface area contributed by atoms with Crippen molar-refractivity contribution in [3.63, 3.8) is 0 Å². The Morgan fingerprint density at radius 3 is 2.12 bits per heavy atom. The van der Waals surface area contributed by atoms with Crippen LogP contribution in [0, 0.1) is 0 Å². The van der Waals surface area contributed by atoms with Crippen molar-refractivity contribution in [3.8, 4) is 0 Å². The molecule has 2 aliphatic carbocycles. The van der Waals surface area contributed by atoms with Crippen LogP contribution in [-0.4, -0.2) is 47.3 Å². The first kappa shape index (κ1) is 11.0. The predicted molar refractivity (Wildman–Crippen MR) is 64.4 cm³/mol. The van der Waals surface area contributed by atoms with Gasteiger partial charge in [-0.1, -0.05) is 12.8 Å². The summed E-state index contributed by atoms with van der Waals surface area (Å²) in [4.78, 5) is 2.70. The summed E-state index contributed by atoms with van der Waals surface area (Å²) in [7, 11) is 0. The molecule has 0 amide bonds. The molecule has 2 N–H and O–H groups in total. The van der Waals surface area contributed by atoms with Crippen molar-refractivity contribution >= 4 is 0 Å². The van der Waals surface area contributed by atoms with Crippen molar-refractivity contribution in [1.82, 2.24) is 10.2 Å². The Kier molecular flexibility index (Phi) is 3.18. The minimum Gasteiger partial charge on any atom is -0.391 e. The Morgan fingerprint density at radius 1 is 0.875 bits per heavy atom. The monoisotopic (exact) mass is 224 g/mol. The first-order chi connectivity index (χ1) is 7.86. The first-order valence-electron chi connectivity index (χ1n) is 7.02. The molecule has 3 aliphatic rings. The summed E-state index contributed by atoms with van der Waals surface area (Å²) < 4.78 is 0. The maximum atomic E-state index is 10.1. The maximum absolute atomic E-state index is 10.1. The summed E-state index contributed by atoms with van der Waals surface area (Å²) in [6.45, 7) is 2.28. The Hall–Kier alpha value is -0.120. The molecule has 0 radical (unpaired) electrons. The van der Waals surface area contributed by atoms with Crippen molar-refractivity contribution in [2.45, 2.75) is 69.2 Å². The van der Waals surface area contributed by atoms with Gasteiger partial charge in [0.1, 0.15) is 0 Å². The van der Waals surface area contributed by atoms with E-state index < -0.39 is 0 Å². The summed E-state index contributed by atoms with van der Waals surface area (Å²) in [5, 5.41) is 13.5. The van der Waals surface area contributed by atoms with Crippen molar-refractivity contribution in [2.75, 3.05) is 13.1 Å². The zero-order valence-electron chi connectivity index (χ0n) is 10.1. The maximum Gasteiger partial charge on any atom is 0.0695 e. The van der Waals surface area contributed by atoms with Gasteiger partial charge in [-0.3, -0.25) is 4.90 Å². The quantitative estimate of drug-likeness (QED) is 0.754. The third-order valence-corrected chi connectivity index (χ3v) is 4.75. The van der Waals surface area contributed by atoms with Gasteiger partial charge in [-0.2, -0.15) is 0 Å². The molecule has 3 rings (SSSR count). The van der Waals surface area contributed by atoms with Gasteiger partial charge in [0.2, 0.25) is 0 Å². The van der Waals surface area contributed by atoms with Gasteiger partial charge in [0.05, 0.1) is 6.10 Å². The third kappa shape index (κ3) is 1.89. The second-order valence-electron chi connectivity index (χ2n) is 5.76. The lowest BCUT2D eigenvalue weighted by Crippen LogP contribution is -2.63. The molecule has 1 saturated heterocycles. The van der Waals surface area contributed by atoms with Crippen LogP contribution in [0.5, 0.6) is 0 Å². The summed E-state index contributed by atoms with van der Waals surface area (Å²) in [5.74, 6) is 0. The van der Waals surface area contributed by atoms with Crippen molar-refractivity contribution in [1.29, 1.82) is 0 Å². The highest BCUT2D eigenvalue weighted by molar-refractivity contribution is 4.97. The second kappa shape index (κ2) is 4.63. The standard InChI is InChI=1S/C13H24N2O/c16-13-7-3-6-12(13)15(11-8-14-9-11)10-4-1-2-5-10/h10-14,16H,1-9H2/t12-,13-/m1/s1. The van der Waals surface area contributed by atoms with E-state index in [4.69, 9.17) is 0 Å². The fourth-order valence-electron chi connectivity index (χ4n) is 3.80. The number of rotatable bonds is 3. The van der Waals surface area contributed by atoms with Gasteiger partial charge in [-0.05, 0) is 32.1 Å². The normalized spacial score (nSPS) is 37.1. The zero-order chi connectivity index (χ0) is 11.0. The lowest BCUT2D eigenvalue weighted by Gasteiger charge is -2.46. The highest BCUT2D eigenvalue weighted by Crippen LogP contribution is 2.34.